The number of hydrogen-bond acceptors (Lipinski definition) is 5. The number of nitrogens with zero attached hydrogens (tertiary/aromatic N) is 5. The zero-order valence-corrected chi connectivity index (χ0v) is 17.9. The Bertz CT molecular complexity index is 1140. The van der Waals surface area contributed by atoms with Crippen LogP contribution >= 0.6 is 0 Å². The third kappa shape index (κ3) is 4.32. The van der Waals surface area contributed by atoms with Crippen molar-refractivity contribution in [2.75, 3.05) is 6.54 Å². The monoisotopic (exact) mass is 416 g/mol. The lowest BCUT2D eigenvalue weighted by Gasteiger charge is -2.07. The van der Waals surface area contributed by atoms with E-state index < -0.39 is 0 Å². The van der Waals surface area contributed by atoms with Crippen molar-refractivity contribution in [3.8, 4) is 17.1 Å². The summed E-state index contributed by atoms with van der Waals surface area (Å²) in [4.78, 5) is 0. The van der Waals surface area contributed by atoms with Crippen LogP contribution < -0.4 is 5.32 Å². The molecular weight excluding hydrogens is 388 g/mol. The second-order valence-electron chi connectivity index (χ2n) is 8.11. The van der Waals surface area contributed by atoms with E-state index >= 15 is 0 Å². The summed E-state index contributed by atoms with van der Waals surface area (Å²) in [7, 11) is 0. The Morgan fingerprint density at radius 3 is 2.77 bits per heavy atom. The third-order valence-corrected chi connectivity index (χ3v) is 5.81. The first-order valence-corrected chi connectivity index (χ1v) is 11.1. The van der Waals surface area contributed by atoms with Gasteiger partial charge in [0.2, 0.25) is 0 Å². The summed E-state index contributed by atoms with van der Waals surface area (Å²) in [5.74, 6) is 3.92. The summed E-state index contributed by atoms with van der Waals surface area (Å²) in [5, 5.41) is 17.2. The lowest BCUT2D eigenvalue weighted by Crippen LogP contribution is -2.19. The van der Waals surface area contributed by atoms with Crippen LogP contribution in [0.5, 0.6) is 0 Å². The maximum atomic E-state index is 5.87. The second-order valence-corrected chi connectivity index (χ2v) is 8.11. The molecule has 3 aromatic heterocycles. The van der Waals surface area contributed by atoms with E-state index in [-0.39, 0.29) is 0 Å². The van der Waals surface area contributed by atoms with Gasteiger partial charge in [0.15, 0.2) is 5.76 Å². The molecule has 0 unspecified atom stereocenters. The van der Waals surface area contributed by atoms with E-state index in [4.69, 9.17) is 9.52 Å². The summed E-state index contributed by atoms with van der Waals surface area (Å²) in [6.07, 6.45) is 7.72. The fourth-order valence-electron chi connectivity index (χ4n) is 4.17. The summed E-state index contributed by atoms with van der Waals surface area (Å²) in [5.41, 5.74) is 3.02. The number of aryl methyl sites for hydroxylation is 2. The van der Waals surface area contributed by atoms with Crippen molar-refractivity contribution in [3.05, 3.63) is 71.6 Å². The fourth-order valence-corrected chi connectivity index (χ4v) is 4.17. The molecule has 7 nitrogen and oxygen atoms in total. The van der Waals surface area contributed by atoms with E-state index in [1.165, 1.54) is 19.3 Å². The third-order valence-electron chi connectivity index (χ3n) is 5.81. The molecule has 4 heterocycles. The molecule has 0 saturated carbocycles. The highest BCUT2D eigenvalue weighted by atomic mass is 16.3. The predicted octanol–water partition coefficient (Wildman–Crippen LogP) is 4.09. The summed E-state index contributed by atoms with van der Waals surface area (Å²) < 4.78 is 10.1. The first-order chi connectivity index (χ1) is 15.3. The highest BCUT2D eigenvalue weighted by Crippen LogP contribution is 2.25. The molecular formula is C24H28N6O. The van der Waals surface area contributed by atoms with Crippen molar-refractivity contribution < 1.29 is 4.42 Å². The summed E-state index contributed by atoms with van der Waals surface area (Å²) in [6.45, 7) is 4.55. The van der Waals surface area contributed by atoms with Gasteiger partial charge in [-0.2, -0.15) is 5.10 Å². The Balaban J connectivity index is 1.30. The molecule has 0 spiro atoms. The van der Waals surface area contributed by atoms with Gasteiger partial charge in [-0.3, -0.25) is 0 Å². The maximum Gasteiger partial charge on any atom is 0.154 e. The largest absolute Gasteiger partial charge is 0.460 e. The van der Waals surface area contributed by atoms with Crippen LogP contribution in [0.15, 0.2) is 53.1 Å². The normalized spacial score (nSPS) is 13.8. The number of nitrogens with one attached hydrogen (secondary N) is 1. The Hall–Kier alpha value is -3.19. The topological polar surface area (TPSA) is 73.7 Å². The molecule has 0 saturated heterocycles. The van der Waals surface area contributed by atoms with Crippen molar-refractivity contribution in [2.45, 2.75) is 52.1 Å². The number of benzene rings is 1. The average Bonchev–Trinajstić information content (AvgIpc) is 3.47. The van der Waals surface area contributed by atoms with E-state index in [0.717, 1.165) is 66.0 Å². The molecule has 1 N–H and O–H groups in total. The molecule has 0 amide bonds. The van der Waals surface area contributed by atoms with Gasteiger partial charge in [-0.1, -0.05) is 24.6 Å². The quantitative estimate of drug-likeness (QED) is 0.459. The highest BCUT2D eigenvalue weighted by Gasteiger charge is 2.16. The maximum absolute atomic E-state index is 5.87. The van der Waals surface area contributed by atoms with Crippen molar-refractivity contribution >= 4 is 0 Å². The molecule has 0 atom stereocenters. The van der Waals surface area contributed by atoms with Gasteiger partial charge < -0.3 is 14.3 Å². The molecule has 31 heavy (non-hydrogen) atoms. The zero-order valence-electron chi connectivity index (χ0n) is 17.9. The van der Waals surface area contributed by atoms with Crippen LogP contribution in [0.2, 0.25) is 0 Å². The molecule has 0 radical (unpaired) electrons. The molecule has 0 aliphatic carbocycles. The number of rotatable bonds is 7. The van der Waals surface area contributed by atoms with Crippen LogP contribution in [-0.2, 0) is 25.9 Å². The van der Waals surface area contributed by atoms with Crippen molar-refractivity contribution in [1.82, 2.24) is 29.9 Å². The van der Waals surface area contributed by atoms with Gasteiger partial charge in [-0.05, 0) is 44.0 Å². The molecule has 1 aromatic carbocycles. The lowest BCUT2D eigenvalue weighted by molar-refractivity contribution is 0.544. The molecule has 160 valence electrons. The van der Waals surface area contributed by atoms with E-state index in [9.17, 15) is 0 Å². The van der Waals surface area contributed by atoms with Gasteiger partial charge in [-0.25, -0.2) is 4.68 Å². The van der Waals surface area contributed by atoms with Crippen LogP contribution in [0.1, 0.15) is 42.2 Å². The second kappa shape index (κ2) is 8.89. The highest BCUT2D eigenvalue weighted by molar-refractivity contribution is 5.57. The standard InChI is InChI=1S/C24H28N6O/c1-18-11-12-21(31-18)24-19(17-30(28-24)20-8-4-2-5-9-20)16-25-14-13-23-27-26-22-10-6-3-7-15-29(22)23/h2,4-5,8-9,11-12,17,25H,3,6-7,10,13-16H2,1H3. The first-order valence-electron chi connectivity index (χ1n) is 11.1. The molecule has 7 heteroatoms. The minimum atomic E-state index is 0.711. The van der Waals surface area contributed by atoms with Crippen molar-refractivity contribution in [2.24, 2.45) is 0 Å². The van der Waals surface area contributed by atoms with Gasteiger partial charge >= 0.3 is 0 Å². The van der Waals surface area contributed by atoms with E-state index in [2.05, 4.69) is 38.4 Å². The van der Waals surface area contributed by atoms with Crippen LogP contribution in [0.4, 0.5) is 0 Å². The minimum Gasteiger partial charge on any atom is -0.460 e. The summed E-state index contributed by atoms with van der Waals surface area (Å²) in [6, 6.07) is 14.1. The zero-order chi connectivity index (χ0) is 21.0. The smallest absolute Gasteiger partial charge is 0.154 e. The molecule has 0 bridgehead atoms. The number of aromatic nitrogens is 5. The lowest BCUT2D eigenvalue weighted by atomic mass is 10.2. The molecule has 1 aliphatic heterocycles. The Labute approximate surface area is 182 Å². The Morgan fingerprint density at radius 1 is 1.03 bits per heavy atom. The number of furan rings is 1. The molecule has 4 aromatic rings. The Morgan fingerprint density at radius 2 is 1.94 bits per heavy atom. The molecule has 1 aliphatic rings. The van der Waals surface area contributed by atoms with Crippen LogP contribution in [0, 0.1) is 6.92 Å². The van der Waals surface area contributed by atoms with E-state index in [1.807, 2.05) is 41.9 Å². The minimum absolute atomic E-state index is 0.711. The van der Waals surface area contributed by atoms with Crippen molar-refractivity contribution in [3.63, 3.8) is 0 Å². The van der Waals surface area contributed by atoms with Gasteiger partial charge in [0.1, 0.15) is 23.1 Å². The molecule has 5 rings (SSSR count). The van der Waals surface area contributed by atoms with Gasteiger partial charge in [-0.15, -0.1) is 10.2 Å². The Kier molecular flexibility index (Phi) is 5.67. The van der Waals surface area contributed by atoms with Crippen LogP contribution in [0.3, 0.4) is 0 Å². The predicted molar refractivity (Wildman–Crippen MR) is 119 cm³/mol. The van der Waals surface area contributed by atoms with E-state index in [1.54, 1.807) is 0 Å². The van der Waals surface area contributed by atoms with Crippen LogP contribution in [0.25, 0.3) is 17.1 Å². The van der Waals surface area contributed by atoms with Gasteiger partial charge in [0.25, 0.3) is 0 Å². The number of fused-ring (bicyclic) bond motifs is 1. The van der Waals surface area contributed by atoms with Gasteiger partial charge in [0.05, 0.1) is 5.69 Å². The summed E-state index contributed by atoms with van der Waals surface area (Å²) >= 11 is 0. The number of hydrogen-bond donors (Lipinski definition) is 1. The van der Waals surface area contributed by atoms with E-state index in [0.29, 0.717) is 6.54 Å². The van der Waals surface area contributed by atoms with Gasteiger partial charge in [0, 0.05) is 44.2 Å². The van der Waals surface area contributed by atoms with Crippen molar-refractivity contribution in [1.29, 1.82) is 0 Å². The number of para-hydroxylation sites is 1. The first kappa shape index (κ1) is 19.8. The fraction of sp³-hybridized carbons (Fsp3) is 0.375. The van der Waals surface area contributed by atoms with Crippen LogP contribution in [-0.4, -0.2) is 31.1 Å². The average molecular weight is 417 g/mol. The molecule has 0 fully saturated rings. The SMILES string of the molecule is Cc1ccc(-c2nn(-c3ccccc3)cc2CNCCc2nnc3n2CCCCC3)o1.